The Balaban J connectivity index is 1.94. The second-order valence-corrected chi connectivity index (χ2v) is 7.04. The van der Waals surface area contributed by atoms with Crippen LogP contribution in [0, 0.1) is 17.6 Å². The van der Waals surface area contributed by atoms with Gasteiger partial charge in [0, 0.05) is 30.4 Å². The van der Waals surface area contributed by atoms with Crippen LogP contribution in [0.2, 0.25) is 0 Å². The molecule has 0 spiro atoms. The lowest BCUT2D eigenvalue weighted by Gasteiger charge is -2.34. The number of aliphatic hydroxyl groups is 1. The summed E-state index contributed by atoms with van der Waals surface area (Å²) in [4.78, 5) is 12.8. The third kappa shape index (κ3) is 3.71. The van der Waals surface area contributed by atoms with Gasteiger partial charge in [0.15, 0.2) is 5.60 Å². The number of halogens is 4. The van der Waals surface area contributed by atoms with Crippen molar-refractivity contribution in [3.63, 3.8) is 0 Å². The molecule has 26 heavy (non-hydrogen) atoms. The molecule has 2 N–H and O–H groups in total. The summed E-state index contributed by atoms with van der Waals surface area (Å²) in [6, 6.07) is 2.32. The molecule has 1 saturated carbocycles. The second kappa shape index (κ2) is 7.15. The van der Waals surface area contributed by atoms with E-state index in [1.165, 1.54) is 0 Å². The van der Waals surface area contributed by atoms with Crippen molar-refractivity contribution < 1.29 is 32.2 Å². The summed E-state index contributed by atoms with van der Waals surface area (Å²) < 4.78 is 60.3. The first-order valence-electron chi connectivity index (χ1n) is 8.70. The van der Waals surface area contributed by atoms with E-state index in [1.807, 2.05) is 0 Å². The number of carbonyl (C=O) groups excluding carboxylic acids is 1. The molecule has 1 heterocycles. The average Bonchev–Trinajstić information content (AvgIpc) is 2.95. The minimum absolute atomic E-state index is 0.165. The van der Waals surface area contributed by atoms with Gasteiger partial charge in [0.25, 0.3) is 0 Å². The molecular weight excluding hydrogens is 354 g/mol. The van der Waals surface area contributed by atoms with Crippen LogP contribution < -0.4 is 5.32 Å². The Labute approximate surface area is 148 Å². The quantitative estimate of drug-likeness (QED) is 0.628. The Hall–Kier alpha value is -1.67. The highest BCUT2D eigenvalue weighted by molar-refractivity contribution is 5.82. The van der Waals surface area contributed by atoms with Crippen molar-refractivity contribution in [2.45, 2.75) is 49.7 Å². The van der Waals surface area contributed by atoms with Gasteiger partial charge in [0.1, 0.15) is 17.7 Å². The number of hydrogen-bond acceptors (Lipinski definition) is 4. The fraction of sp³-hybridized carbons (Fsp3) is 0.611. The van der Waals surface area contributed by atoms with Crippen LogP contribution >= 0.6 is 0 Å². The van der Waals surface area contributed by atoms with E-state index in [4.69, 9.17) is 4.74 Å². The molecule has 0 aromatic heterocycles. The zero-order valence-corrected chi connectivity index (χ0v) is 14.1. The highest BCUT2D eigenvalue weighted by Gasteiger charge is 2.55. The first-order chi connectivity index (χ1) is 12.2. The molecule has 3 rings (SSSR count). The minimum Gasteiger partial charge on any atom is -0.460 e. The Morgan fingerprint density at radius 3 is 2.50 bits per heavy atom. The number of carbonyl (C=O) groups is 1. The molecule has 0 bridgehead atoms. The lowest BCUT2D eigenvalue weighted by Crippen LogP contribution is -2.47. The van der Waals surface area contributed by atoms with E-state index in [9.17, 15) is 27.5 Å². The number of piperidine rings is 1. The molecule has 1 aromatic rings. The van der Waals surface area contributed by atoms with Gasteiger partial charge < -0.3 is 15.2 Å². The normalized spacial score (nSPS) is 25.7. The van der Waals surface area contributed by atoms with Gasteiger partial charge in [-0.1, -0.05) is 0 Å². The molecule has 1 aliphatic heterocycles. The van der Waals surface area contributed by atoms with E-state index in [0.29, 0.717) is 32.0 Å². The van der Waals surface area contributed by atoms with Crippen LogP contribution in [0.5, 0.6) is 0 Å². The van der Waals surface area contributed by atoms with Crippen LogP contribution in [0.3, 0.4) is 0 Å². The highest BCUT2D eigenvalue weighted by Crippen LogP contribution is 2.48. The van der Waals surface area contributed by atoms with E-state index < -0.39 is 59.6 Å². The maximum absolute atomic E-state index is 14.3. The number of nitrogens with one attached hydrogen (secondary N) is 1. The summed E-state index contributed by atoms with van der Waals surface area (Å²) >= 11 is 0. The van der Waals surface area contributed by atoms with Crippen molar-refractivity contribution in [3.8, 4) is 0 Å². The summed E-state index contributed by atoms with van der Waals surface area (Å²) in [5, 5.41) is 14.2. The first kappa shape index (κ1) is 19.1. The van der Waals surface area contributed by atoms with Crippen LogP contribution in [-0.4, -0.2) is 36.2 Å². The number of alkyl halides is 2. The molecule has 0 amide bonds. The van der Waals surface area contributed by atoms with Gasteiger partial charge >= 0.3 is 5.97 Å². The molecule has 4 nitrogen and oxygen atoms in total. The number of esters is 1. The van der Waals surface area contributed by atoms with Crippen molar-refractivity contribution in [1.29, 1.82) is 0 Å². The van der Waals surface area contributed by atoms with Crippen LogP contribution in [0.4, 0.5) is 17.6 Å². The first-order valence-corrected chi connectivity index (χ1v) is 8.70. The Kier molecular flexibility index (Phi) is 5.25. The van der Waals surface area contributed by atoms with Gasteiger partial charge in [0.05, 0.1) is 0 Å². The monoisotopic (exact) mass is 375 g/mol. The molecule has 1 aromatic carbocycles. The molecule has 2 fully saturated rings. The summed E-state index contributed by atoms with van der Waals surface area (Å²) in [6.45, 7) is 1.23. The second-order valence-electron chi connectivity index (χ2n) is 7.04. The van der Waals surface area contributed by atoms with Gasteiger partial charge in [-0.25, -0.2) is 22.4 Å². The number of ether oxygens (including phenoxy) is 1. The van der Waals surface area contributed by atoms with Gasteiger partial charge in [-0.15, -0.1) is 0 Å². The van der Waals surface area contributed by atoms with E-state index in [0.717, 1.165) is 12.1 Å². The highest BCUT2D eigenvalue weighted by atomic mass is 19.3. The zero-order chi connectivity index (χ0) is 18.9. The average molecular weight is 375 g/mol. The number of rotatable bonds is 4. The molecule has 8 heteroatoms. The molecule has 1 saturated heterocycles. The Bertz CT molecular complexity index is 678. The molecule has 2 atom stereocenters. The van der Waals surface area contributed by atoms with Gasteiger partial charge in [0.2, 0.25) is 5.92 Å². The third-order valence-electron chi connectivity index (χ3n) is 5.21. The molecular formula is C18H21F4NO3. The van der Waals surface area contributed by atoms with Gasteiger partial charge in [-0.05, 0) is 44.5 Å². The third-order valence-corrected chi connectivity index (χ3v) is 5.21. The maximum Gasteiger partial charge on any atom is 0.343 e. The van der Waals surface area contributed by atoms with Crippen LogP contribution in [0.1, 0.15) is 37.7 Å². The molecule has 0 radical (unpaired) electrons. The van der Waals surface area contributed by atoms with Gasteiger partial charge in [-0.2, -0.15) is 0 Å². The SMILES string of the molecule is O=C(OC1CCNCC1)C(O)(c1ccc(F)cc1F)C1CCC(F)(F)C1. The predicted octanol–water partition coefficient (Wildman–Crippen LogP) is 2.88. The largest absolute Gasteiger partial charge is 0.460 e. The lowest BCUT2D eigenvalue weighted by molar-refractivity contribution is -0.181. The van der Waals surface area contributed by atoms with Crippen LogP contribution in [0.15, 0.2) is 18.2 Å². The summed E-state index contributed by atoms with van der Waals surface area (Å²) in [7, 11) is 0. The van der Waals surface area contributed by atoms with Crippen LogP contribution in [0.25, 0.3) is 0 Å². The van der Waals surface area contributed by atoms with Crippen molar-refractivity contribution in [3.05, 3.63) is 35.4 Å². The molecule has 144 valence electrons. The summed E-state index contributed by atoms with van der Waals surface area (Å²) in [6.07, 6.45) is -0.906. The molecule has 2 aliphatic rings. The van der Waals surface area contributed by atoms with E-state index in [-0.39, 0.29) is 6.42 Å². The van der Waals surface area contributed by atoms with Crippen LogP contribution in [-0.2, 0) is 15.1 Å². The standard InChI is InChI=1S/C18H21F4NO3/c19-12-1-2-14(15(20)9-12)18(25,11-3-6-17(21,22)10-11)16(24)26-13-4-7-23-8-5-13/h1-2,9,11,13,23,25H,3-8,10H2. The smallest absolute Gasteiger partial charge is 0.343 e. The summed E-state index contributed by atoms with van der Waals surface area (Å²) in [5.41, 5.74) is -3.11. The maximum atomic E-state index is 14.3. The van der Waals surface area contributed by atoms with Crippen molar-refractivity contribution in [2.75, 3.05) is 13.1 Å². The van der Waals surface area contributed by atoms with Crippen molar-refractivity contribution in [2.24, 2.45) is 5.92 Å². The molecule has 2 unspecified atom stereocenters. The lowest BCUT2D eigenvalue weighted by atomic mass is 9.79. The fourth-order valence-corrected chi connectivity index (χ4v) is 3.76. The number of hydrogen-bond donors (Lipinski definition) is 2. The fourth-order valence-electron chi connectivity index (χ4n) is 3.76. The van der Waals surface area contributed by atoms with Crippen molar-refractivity contribution in [1.82, 2.24) is 5.32 Å². The topological polar surface area (TPSA) is 58.6 Å². The predicted molar refractivity (Wildman–Crippen MR) is 84.5 cm³/mol. The molecule has 1 aliphatic carbocycles. The summed E-state index contributed by atoms with van der Waals surface area (Å²) in [5.74, 6) is -7.48. The van der Waals surface area contributed by atoms with E-state index in [2.05, 4.69) is 5.32 Å². The van der Waals surface area contributed by atoms with E-state index >= 15 is 0 Å². The van der Waals surface area contributed by atoms with E-state index in [1.54, 1.807) is 0 Å². The zero-order valence-electron chi connectivity index (χ0n) is 14.1. The number of benzene rings is 1. The van der Waals surface area contributed by atoms with Crippen molar-refractivity contribution >= 4 is 5.97 Å². The minimum atomic E-state index is -3.05. The van der Waals surface area contributed by atoms with Gasteiger partial charge in [-0.3, -0.25) is 0 Å². The Morgan fingerprint density at radius 1 is 1.23 bits per heavy atom. The Morgan fingerprint density at radius 2 is 1.92 bits per heavy atom.